The highest BCUT2D eigenvalue weighted by atomic mass is 35.5. The Morgan fingerprint density at radius 3 is 2.64 bits per heavy atom. The van der Waals surface area contributed by atoms with Crippen LogP contribution >= 0.6 is 11.6 Å². The number of anilines is 2. The van der Waals surface area contributed by atoms with Gasteiger partial charge in [-0.05, 0) is 50.7 Å². The molecule has 0 fully saturated rings. The third-order valence-corrected chi connectivity index (χ3v) is 6.40. The van der Waals surface area contributed by atoms with Crippen molar-refractivity contribution in [1.82, 2.24) is 9.62 Å². The van der Waals surface area contributed by atoms with E-state index in [9.17, 15) is 8.42 Å². The molecule has 0 aliphatic carbocycles. The van der Waals surface area contributed by atoms with Gasteiger partial charge in [0.25, 0.3) is 0 Å². The first-order chi connectivity index (χ1) is 11.9. The molecule has 1 N–H and O–H groups in total. The SMILES string of the molecule is CNCCCN1Cc2cc(C)ccc2N(c2ccccc2Cl)S1(=O)=O. The Morgan fingerprint density at radius 2 is 1.92 bits per heavy atom. The van der Waals surface area contributed by atoms with Crippen molar-refractivity contribution in [3.05, 3.63) is 58.6 Å². The molecule has 25 heavy (non-hydrogen) atoms. The van der Waals surface area contributed by atoms with Crippen molar-refractivity contribution in [2.24, 2.45) is 0 Å². The molecule has 1 aliphatic rings. The number of nitrogens with zero attached hydrogens (tertiary/aromatic N) is 2. The number of fused-ring (bicyclic) bond motifs is 1. The van der Waals surface area contributed by atoms with E-state index in [2.05, 4.69) is 5.32 Å². The lowest BCUT2D eigenvalue weighted by Gasteiger charge is -2.37. The van der Waals surface area contributed by atoms with Crippen LogP contribution in [-0.2, 0) is 16.8 Å². The minimum absolute atomic E-state index is 0.379. The number of hydrogen-bond acceptors (Lipinski definition) is 3. The molecule has 0 saturated carbocycles. The summed E-state index contributed by atoms with van der Waals surface area (Å²) in [6.45, 7) is 3.61. The van der Waals surface area contributed by atoms with E-state index in [-0.39, 0.29) is 0 Å². The van der Waals surface area contributed by atoms with Gasteiger partial charge in [-0.3, -0.25) is 0 Å². The predicted octanol–water partition coefficient (Wildman–Crippen LogP) is 3.46. The van der Waals surface area contributed by atoms with Gasteiger partial charge in [-0.2, -0.15) is 12.7 Å². The Kier molecular flexibility index (Phi) is 5.34. The van der Waals surface area contributed by atoms with Gasteiger partial charge in [0.15, 0.2) is 0 Å². The van der Waals surface area contributed by atoms with Gasteiger partial charge in [0, 0.05) is 13.1 Å². The number of halogens is 1. The number of nitrogens with one attached hydrogen (secondary N) is 1. The van der Waals surface area contributed by atoms with Crippen LogP contribution in [0.25, 0.3) is 0 Å². The number of aryl methyl sites for hydroxylation is 1. The van der Waals surface area contributed by atoms with Gasteiger partial charge in [-0.15, -0.1) is 0 Å². The van der Waals surface area contributed by atoms with Gasteiger partial charge in [-0.25, -0.2) is 4.31 Å². The van der Waals surface area contributed by atoms with Crippen molar-refractivity contribution in [1.29, 1.82) is 0 Å². The molecule has 0 bridgehead atoms. The van der Waals surface area contributed by atoms with E-state index in [0.717, 1.165) is 24.1 Å². The van der Waals surface area contributed by atoms with E-state index in [4.69, 9.17) is 11.6 Å². The molecule has 3 rings (SSSR count). The van der Waals surface area contributed by atoms with Crippen molar-refractivity contribution in [2.75, 3.05) is 24.4 Å². The maximum absolute atomic E-state index is 13.3. The number of hydrogen-bond donors (Lipinski definition) is 1. The number of rotatable bonds is 5. The summed E-state index contributed by atoms with van der Waals surface area (Å²) in [6.07, 6.45) is 0.743. The van der Waals surface area contributed by atoms with Gasteiger partial charge in [0.2, 0.25) is 0 Å². The summed E-state index contributed by atoms with van der Waals surface area (Å²) in [7, 11) is -1.83. The molecule has 2 aromatic rings. The average molecular weight is 380 g/mol. The van der Waals surface area contributed by atoms with Gasteiger partial charge < -0.3 is 5.32 Å². The Bertz CT molecular complexity index is 870. The summed E-state index contributed by atoms with van der Waals surface area (Å²) >= 11 is 6.32. The fourth-order valence-electron chi connectivity index (χ4n) is 3.05. The van der Waals surface area contributed by atoms with E-state index >= 15 is 0 Å². The molecule has 7 heteroatoms. The summed E-state index contributed by atoms with van der Waals surface area (Å²) in [5.74, 6) is 0. The van der Waals surface area contributed by atoms with Gasteiger partial charge in [-0.1, -0.05) is 41.4 Å². The zero-order valence-electron chi connectivity index (χ0n) is 14.4. The minimum Gasteiger partial charge on any atom is -0.320 e. The maximum atomic E-state index is 13.3. The highest BCUT2D eigenvalue weighted by Gasteiger charge is 2.38. The lowest BCUT2D eigenvalue weighted by Crippen LogP contribution is -2.46. The Balaban J connectivity index is 2.12. The molecule has 1 heterocycles. The summed E-state index contributed by atoms with van der Waals surface area (Å²) in [4.78, 5) is 0. The van der Waals surface area contributed by atoms with Crippen LogP contribution < -0.4 is 9.62 Å². The van der Waals surface area contributed by atoms with Gasteiger partial charge in [0.05, 0.1) is 16.4 Å². The fourth-order valence-corrected chi connectivity index (χ4v) is 5.05. The van der Waals surface area contributed by atoms with Crippen LogP contribution in [0.3, 0.4) is 0 Å². The molecule has 0 unspecified atom stereocenters. The molecular formula is C18H22ClN3O2S. The van der Waals surface area contributed by atoms with Crippen molar-refractivity contribution in [3.63, 3.8) is 0 Å². The minimum atomic E-state index is -3.69. The zero-order valence-corrected chi connectivity index (χ0v) is 15.9. The van der Waals surface area contributed by atoms with Crippen LogP contribution in [0.2, 0.25) is 5.02 Å². The Hall–Kier alpha value is -1.60. The fraction of sp³-hybridized carbons (Fsp3) is 0.333. The number of benzene rings is 2. The Labute approximate surface area is 154 Å². The quantitative estimate of drug-likeness (QED) is 0.809. The lowest BCUT2D eigenvalue weighted by molar-refractivity contribution is 0.392. The van der Waals surface area contributed by atoms with Crippen LogP contribution in [0.15, 0.2) is 42.5 Å². The van der Waals surface area contributed by atoms with Crippen LogP contribution in [0.4, 0.5) is 11.4 Å². The molecule has 0 amide bonds. The normalized spacial score (nSPS) is 16.7. The summed E-state index contributed by atoms with van der Waals surface area (Å²) in [5.41, 5.74) is 3.24. The van der Waals surface area contributed by atoms with Gasteiger partial charge in [0.1, 0.15) is 0 Å². The molecule has 134 valence electrons. The average Bonchev–Trinajstić information content (AvgIpc) is 2.57. The second-order valence-electron chi connectivity index (χ2n) is 6.15. The highest BCUT2D eigenvalue weighted by molar-refractivity contribution is 7.91. The molecule has 5 nitrogen and oxygen atoms in total. The van der Waals surface area contributed by atoms with Crippen molar-refractivity contribution in [2.45, 2.75) is 19.9 Å². The molecule has 0 aromatic heterocycles. The molecule has 2 aromatic carbocycles. The first-order valence-corrected chi connectivity index (χ1v) is 10.0. The monoisotopic (exact) mass is 379 g/mol. The smallest absolute Gasteiger partial charge is 0.308 e. The molecule has 0 radical (unpaired) electrons. The van der Waals surface area contributed by atoms with Crippen molar-refractivity contribution >= 4 is 33.2 Å². The summed E-state index contributed by atoms with van der Waals surface area (Å²) < 4.78 is 29.5. The van der Waals surface area contributed by atoms with Crippen LogP contribution in [-0.4, -0.2) is 32.9 Å². The van der Waals surface area contributed by atoms with E-state index < -0.39 is 10.2 Å². The van der Waals surface area contributed by atoms with E-state index in [1.807, 2.05) is 32.2 Å². The largest absolute Gasteiger partial charge is 0.320 e. The van der Waals surface area contributed by atoms with E-state index in [1.165, 1.54) is 8.61 Å². The van der Waals surface area contributed by atoms with Crippen molar-refractivity contribution < 1.29 is 8.42 Å². The summed E-state index contributed by atoms with van der Waals surface area (Å²) in [6, 6.07) is 12.9. The standard InChI is InChI=1S/C18H22ClN3O2S/c1-14-8-9-17-15(12-14)13-21(11-5-10-20-2)25(23,24)22(17)18-7-4-3-6-16(18)19/h3-4,6-9,12,20H,5,10-11,13H2,1-2H3. The highest BCUT2D eigenvalue weighted by Crippen LogP contribution is 2.41. The van der Waals surface area contributed by atoms with Gasteiger partial charge >= 0.3 is 10.2 Å². The molecule has 0 spiro atoms. The van der Waals surface area contributed by atoms with Crippen LogP contribution in [0, 0.1) is 6.92 Å². The summed E-state index contributed by atoms with van der Waals surface area (Å²) in [5, 5.41) is 3.47. The number of para-hydroxylation sites is 1. The first-order valence-electron chi connectivity index (χ1n) is 8.24. The van der Waals surface area contributed by atoms with E-state index in [0.29, 0.717) is 29.5 Å². The van der Waals surface area contributed by atoms with E-state index in [1.54, 1.807) is 24.3 Å². The second kappa shape index (κ2) is 7.33. The predicted molar refractivity (Wildman–Crippen MR) is 103 cm³/mol. The topological polar surface area (TPSA) is 52.6 Å². The zero-order chi connectivity index (χ0) is 18.0. The second-order valence-corrected chi connectivity index (χ2v) is 8.33. The maximum Gasteiger partial charge on any atom is 0.308 e. The van der Waals surface area contributed by atoms with Crippen LogP contribution in [0.5, 0.6) is 0 Å². The molecule has 0 saturated heterocycles. The molecular weight excluding hydrogens is 358 g/mol. The molecule has 1 aliphatic heterocycles. The first kappa shape index (κ1) is 18.2. The van der Waals surface area contributed by atoms with Crippen molar-refractivity contribution in [3.8, 4) is 0 Å². The molecule has 0 atom stereocenters. The third-order valence-electron chi connectivity index (χ3n) is 4.26. The van der Waals surface area contributed by atoms with Crippen LogP contribution in [0.1, 0.15) is 17.5 Å². The third kappa shape index (κ3) is 3.53. The Morgan fingerprint density at radius 1 is 1.16 bits per heavy atom. The lowest BCUT2D eigenvalue weighted by atomic mass is 10.1.